The minimum Gasteiger partial charge on any atom is -0.466 e. The van der Waals surface area contributed by atoms with Crippen LogP contribution in [-0.4, -0.2) is 47.4 Å². The second kappa shape index (κ2) is 78.5. The first kappa shape index (κ1) is 87.1. The fourth-order valence-corrected chi connectivity index (χ4v) is 13.0. The third kappa shape index (κ3) is 75.0. The fraction of sp³-hybridized carbons (Fsp3) is 0.904. The molecule has 0 aliphatic rings. The van der Waals surface area contributed by atoms with E-state index < -0.39 is 12.1 Å². The summed E-state index contributed by atoms with van der Waals surface area (Å²) in [4.78, 5) is 24.7. The van der Waals surface area contributed by atoms with E-state index in [0.717, 1.165) is 44.9 Å². The summed E-state index contributed by atoms with van der Waals surface area (Å²) in [6.45, 7) is 4.96. The van der Waals surface area contributed by atoms with Crippen LogP contribution in [0.5, 0.6) is 0 Å². The zero-order valence-electron chi connectivity index (χ0n) is 60.4. The van der Waals surface area contributed by atoms with Crippen LogP contribution in [0.4, 0.5) is 0 Å². The van der Waals surface area contributed by atoms with Crippen molar-refractivity contribution in [1.82, 2.24) is 5.32 Å². The van der Waals surface area contributed by atoms with Gasteiger partial charge in [-0.3, -0.25) is 9.59 Å². The SMILES string of the molecule is CCCCCCCCCCCCCCCCCC/C=C/C(O)C(CO)NC(=O)CCCCCCCCCCCCCCCCCCC/C=C\C/C=C\CCCCCCCCCCCCCOC(=O)CCCCCCCCCCCCCCCCCCCCC. The first-order valence-electron chi connectivity index (χ1n) is 40.8. The average Bonchev–Trinajstić information content (AvgIpc) is 3.63. The maximum Gasteiger partial charge on any atom is 0.305 e. The molecule has 0 aliphatic carbocycles. The van der Waals surface area contributed by atoms with Gasteiger partial charge >= 0.3 is 5.97 Å². The van der Waals surface area contributed by atoms with Crippen molar-refractivity contribution in [2.45, 2.75) is 469 Å². The lowest BCUT2D eigenvalue weighted by molar-refractivity contribution is -0.143. The molecular weight excluding hydrogens is 1090 g/mol. The molecule has 0 aromatic heterocycles. The van der Waals surface area contributed by atoms with Gasteiger partial charge in [0, 0.05) is 12.8 Å². The molecule has 6 nitrogen and oxygen atoms in total. The number of ether oxygens (including phenoxy) is 1. The summed E-state index contributed by atoms with van der Waals surface area (Å²) in [7, 11) is 0. The van der Waals surface area contributed by atoms with Gasteiger partial charge in [0.2, 0.25) is 5.91 Å². The van der Waals surface area contributed by atoms with Crippen molar-refractivity contribution in [2.75, 3.05) is 13.2 Å². The molecule has 2 unspecified atom stereocenters. The third-order valence-corrected chi connectivity index (χ3v) is 19.2. The van der Waals surface area contributed by atoms with Crippen LogP contribution in [0.25, 0.3) is 0 Å². The van der Waals surface area contributed by atoms with E-state index in [-0.39, 0.29) is 18.5 Å². The van der Waals surface area contributed by atoms with Gasteiger partial charge in [0.1, 0.15) is 0 Å². The fourth-order valence-electron chi connectivity index (χ4n) is 13.0. The summed E-state index contributed by atoms with van der Waals surface area (Å²) in [6.07, 6.45) is 103. The average molecular weight is 1250 g/mol. The van der Waals surface area contributed by atoms with E-state index in [4.69, 9.17) is 4.74 Å². The molecule has 89 heavy (non-hydrogen) atoms. The van der Waals surface area contributed by atoms with Gasteiger partial charge in [0.15, 0.2) is 0 Å². The lowest BCUT2D eigenvalue weighted by Gasteiger charge is -2.20. The smallest absolute Gasteiger partial charge is 0.305 e. The maximum absolute atomic E-state index is 12.5. The number of hydrogen-bond donors (Lipinski definition) is 3. The highest BCUT2D eigenvalue weighted by molar-refractivity contribution is 5.76. The number of nitrogens with one attached hydrogen (secondary N) is 1. The standard InChI is InChI=1S/C83H159NO5/c1-3-5-7-9-11-13-15-17-19-21-40-45-49-53-57-61-65-69-73-77-83(88)89-78-74-70-66-62-58-54-50-46-42-39-37-35-33-31-29-27-25-23-24-26-28-30-32-34-36-38-41-44-48-52-56-60-64-68-72-76-82(87)84-80(79-85)81(86)75-71-67-63-59-55-51-47-43-22-20-18-16-14-12-10-8-6-4-2/h25,27,31,33,71,75,80-81,85-86H,3-24,26,28-30,32,34-70,72-74,76-79H2,1-2H3,(H,84,87)/b27-25-,33-31-,75-71+. The van der Waals surface area contributed by atoms with Crippen LogP contribution in [0, 0.1) is 0 Å². The summed E-state index contributed by atoms with van der Waals surface area (Å²) < 4.78 is 5.52. The molecule has 526 valence electrons. The van der Waals surface area contributed by atoms with E-state index in [9.17, 15) is 19.8 Å². The Morgan fingerprint density at radius 3 is 0.854 bits per heavy atom. The molecule has 0 spiro atoms. The Morgan fingerprint density at radius 2 is 0.562 bits per heavy atom. The molecule has 6 heteroatoms. The summed E-state index contributed by atoms with van der Waals surface area (Å²) in [5.74, 6) is -0.0396. The van der Waals surface area contributed by atoms with Crippen molar-refractivity contribution in [2.24, 2.45) is 0 Å². The first-order chi connectivity index (χ1) is 44.0. The molecule has 0 saturated carbocycles. The minimum absolute atomic E-state index is 0.0222. The highest BCUT2D eigenvalue weighted by Crippen LogP contribution is 2.20. The van der Waals surface area contributed by atoms with Gasteiger partial charge in [-0.2, -0.15) is 0 Å². The van der Waals surface area contributed by atoms with E-state index in [1.807, 2.05) is 6.08 Å². The zero-order valence-corrected chi connectivity index (χ0v) is 60.4. The van der Waals surface area contributed by atoms with Gasteiger partial charge in [-0.15, -0.1) is 0 Å². The van der Waals surface area contributed by atoms with E-state index in [1.165, 1.54) is 385 Å². The van der Waals surface area contributed by atoms with Crippen molar-refractivity contribution in [3.63, 3.8) is 0 Å². The van der Waals surface area contributed by atoms with Gasteiger partial charge in [-0.05, 0) is 64.2 Å². The van der Waals surface area contributed by atoms with Gasteiger partial charge in [0.25, 0.3) is 0 Å². The Balaban J connectivity index is 3.37. The van der Waals surface area contributed by atoms with Crippen molar-refractivity contribution >= 4 is 11.9 Å². The van der Waals surface area contributed by atoms with Crippen LogP contribution in [0.2, 0.25) is 0 Å². The number of carbonyl (C=O) groups is 2. The van der Waals surface area contributed by atoms with Gasteiger partial charge in [-0.25, -0.2) is 0 Å². The summed E-state index contributed by atoms with van der Waals surface area (Å²) >= 11 is 0. The largest absolute Gasteiger partial charge is 0.466 e. The van der Waals surface area contributed by atoms with E-state index >= 15 is 0 Å². The molecule has 0 rings (SSSR count). The number of amides is 1. The van der Waals surface area contributed by atoms with Crippen LogP contribution in [0.15, 0.2) is 36.5 Å². The Kier molecular flexibility index (Phi) is 76.8. The van der Waals surface area contributed by atoms with Gasteiger partial charge < -0.3 is 20.3 Å². The second-order valence-electron chi connectivity index (χ2n) is 28.1. The minimum atomic E-state index is -0.844. The van der Waals surface area contributed by atoms with Crippen LogP contribution >= 0.6 is 0 Å². The third-order valence-electron chi connectivity index (χ3n) is 19.2. The number of aliphatic hydroxyl groups excluding tert-OH is 2. The lowest BCUT2D eigenvalue weighted by atomic mass is 10.0. The van der Waals surface area contributed by atoms with Crippen LogP contribution < -0.4 is 5.32 Å². The number of esters is 1. The van der Waals surface area contributed by atoms with Crippen molar-refractivity contribution < 1.29 is 24.5 Å². The Bertz CT molecular complexity index is 1440. The molecular formula is C83H159NO5. The predicted molar refractivity (Wildman–Crippen MR) is 393 cm³/mol. The van der Waals surface area contributed by atoms with E-state index in [2.05, 4.69) is 43.5 Å². The molecule has 0 aromatic carbocycles. The molecule has 0 saturated heterocycles. The predicted octanol–water partition coefficient (Wildman–Crippen LogP) is 27.0. The summed E-state index contributed by atoms with van der Waals surface area (Å²) in [6, 6.07) is -0.627. The molecule has 0 fully saturated rings. The van der Waals surface area contributed by atoms with Crippen LogP contribution in [-0.2, 0) is 14.3 Å². The number of hydrogen-bond acceptors (Lipinski definition) is 5. The zero-order chi connectivity index (χ0) is 64.2. The molecule has 1 amide bonds. The molecule has 0 heterocycles. The normalized spacial score (nSPS) is 12.6. The number of allylic oxidation sites excluding steroid dienone is 5. The van der Waals surface area contributed by atoms with Crippen LogP contribution in [0.3, 0.4) is 0 Å². The highest BCUT2D eigenvalue weighted by Gasteiger charge is 2.18. The number of unbranched alkanes of at least 4 members (excludes halogenated alkanes) is 62. The molecule has 2 atom stereocenters. The summed E-state index contributed by atoms with van der Waals surface area (Å²) in [5.41, 5.74) is 0. The number of carbonyl (C=O) groups excluding carboxylic acids is 2. The summed E-state index contributed by atoms with van der Waals surface area (Å²) in [5, 5.41) is 23.2. The monoisotopic (exact) mass is 1250 g/mol. The van der Waals surface area contributed by atoms with Crippen molar-refractivity contribution in [3.8, 4) is 0 Å². The molecule has 0 radical (unpaired) electrons. The lowest BCUT2D eigenvalue weighted by Crippen LogP contribution is -2.45. The Morgan fingerprint density at radius 1 is 0.315 bits per heavy atom. The van der Waals surface area contributed by atoms with Crippen LogP contribution in [0.1, 0.15) is 457 Å². The first-order valence-corrected chi connectivity index (χ1v) is 40.8. The second-order valence-corrected chi connectivity index (χ2v) is 28.1. The Labute approximate surface area is 557 Å². The van der Waals surface area contributed by atoms with E-state index in [0.29, 0.717) is 19.4 Å². The number of aliphatic hydroxyl groups is 2. The van der Waals surface area contributed by atoms with Crippen molar-refractivity contribution in [3.05, 3.63) is 36.5 Å². The highest BCUT2D eigenvalue weighted by atomic mass is 16.5. The molecule has 0 aliphatic heterocycles. The molecule has 0 bridgehead atoms. The van der Waals surface area contributed by atoms with Crippen molar-refractivity contribution in [1.29, 1.82) is 0 Å². The Hall–Kier alpha value is -1.92. The van der Waals surface area contributed by atoms with Gasteiger partial charge in [-0.1, -0.05) is 416 Å². The van der Waals surface area contributed by atoms with Gasteiger partial charge in [0.05, 0.1) is 25.4 Å². The number of rotatable bonds is 77. The molecule has 0 aromatic rings. The molecule has 3 N–H and O–H groups in total. The van der Waals surface area contributed by atoms with E-state index in [1.54, 1.807) is 6.08 Å². The topological polar surface area (TPSA) is 95.9 Å². The quantitative estimate of drug-likeness (QED) is 0.0320. The maximum atomic E-state index is 12.5.